The first-order chi connectivity index (χ1) is 8.26. The lowest BCUT2D eigenvalue weighted by atomic mass is 10.2. The Hall–Kier alpha value is -0.420. The molecule has 1 aromatic heterocycles. The van der Waals surface area contributed by atoms with Crippen LogP contribution in [0.3, 0.4) is 0 Å². The molecular weight excluding hydrogens is 234 g/mol. The molecule has 17 heavy (non-hydrogen) atoms. The van der Waals surface area contributed by atoms with Gasteiger partial charge in [0.05, 0.1) is 6.10 Å². The van der Waals surface area contributed by atoms with Crippen molar-refractivity contribution in [3.8, 4) is 0 Å². The highest BCUT2D eigenvalue weighted by molar-refractivity contribution is 7.09. The summed E-state index contributed by atoms with van der Waals surface area (Å²) in [5.41, 5.74) is 0. The molecule has 0 aliphatic carbocycles. The van der Waals surface area contributed by atoms with E-state index in [1.807, 2.05) is 6.92 Å². The Bertz CT molecular complexity index is 277. The second kappa shape index (κ2) is 8.64. The Morgan fingerprint density at radius 3 is 2.94 bits per heavy atom. The van der Waals surface area contributed by atoms with Gasteiger partial charge in [0.25, 0.3) is 0 Å². The molecule has 0 amide bonds. The predicted molar refractivity (Wildman–Crippen MR) is 72.4 cm³/mol. The van der Waals surface area contributed by atoms with Gasteiger partial charge < -0.3 is 9.84 Å². The Morgan fingerprint density at radius 2 is 2.35 bits per heavy atom. The largest absolute Gasteiger partial charge is 0.392 e. The Morgan fingerprint density at radius 1 is 1.53 bits per heavy atom. The minimum absolute atomic E-state index is 0.225. The second-order valence-electron chi connectivity index (χ2n) is 4.22. The van der Waals surface area contributed by atoms with Crippen LogP contribution in [0, 0.1) is 0 Å². The van der Waals surface area contributed by atoms with Crippen LogP contribution in [0.2, 0.25) is 0 Å². The number of aliphatic hydroxyl groups is 1. The number of hydrogen-bond acceptors (Lipinski definition) is 4. The Labute approximate surface area is 108 Å². The van der Waals surface area contributed by atoms with Gasteiger partial charge in [-0.1, -0.05) is 13.0 Å². The summed E-state index contributed by atoms with van der Waals surface area (Å²) >= 11 is 1.77. The average Bonchev–Trinajstić information content (AvgIpc) is 2.82. The van der Waals surface area contributed by atoms with Crippen molar-refractivity contribution in [3.63, 3.8) is 0 Å². The number of aliphatic hydroxyl groups excluding tert-OH is 1. The molecule has 0 saturated carbocycles. The quantitative estimate of drug-likeness (QED) is 0.689. The lowest BCUT2D eigenvalue weighted by molar-refractivity contribution is 0.0973. The molecule has 1 heterocycles. The van der Waals surface area contributed by atoms with Crippen molar-refractivity contribution in [2.24, 2.45) is 0 Å². The molecule has 1 atom stereocenters. The first-order valence-electron chi connectivity index (χ1n) is 6.18. The highest BCUT2D eigenvalue weighted by Crippen LogP contribution is 2.12. The average molecular weight is 257 g/mol. The maximum absolute atomic E-state index is 9.74. The molecule has 0 spiro atoms. The van der Waals surface area contributed by atoms with Crippen LogP contribution in [0.25, 0.3) is 0 Å². The summed E-state index contributed by atoms with van der Waals surface area (Å²) in [4.78, 5) is 3.66. The van der Waals surface area contributed by atoms with Gasteiger partial charge in [-0.3, -0.25) is 4.90 Å². The third kappa shape index (κ3) is 6.17. The van der Waals surface area contributed by atoms with Crippen LogP contribution in [0.15, 0.2) is 17.5 Å². The molecule has 0 radical (unpaired) electrons. The van der Waals surface area contributed by atoms with E-state index in [4.69, 9.17) is 4.74 Å². The van der Waals surface area contributed by atoms with Crippen molar-refractivity contribution in [1.82, 2.24) is 4.90 Å². The topological polar surface area (TPSA) is 32.7 Å². The first-order valence-corrected chi connectivity index (χ1v) is 7.06. The fourth-order valence-corrected chi connectivity index (χ4v) is 2.46. The van der Waals surface area contributed by atoms with E-state index in [9.17, 15) is 5.11 Å². The number of hydrogen-bond donors (Lipinski definition) is 1. The van der Waals surface area contributed by atoms with E-state index in [0.29, 0.717) is 0 Å². The summed E-state index contributed by atoms with van der Waals surface area (Å²) in [5.74, 6) is 0. The van der Waals surface area contributed by atoms with Crippen molar-refractivity contribution < 1.29 is 9.84 Å². The summed E-state index contributed by atoms with van der Waals surface area (Å²) in [6, 6.07) is 4.22. The van der Waals surface area contributed by atoms with Gasteiger partial charge in [0.1, 0.15) is 0 Å². The zero-order chi connectivity index (χ0) is 12.5. The third-order valence-corrected chi connectivity index (χ3v) is 3.58. The maximum atomic E-state index is 9.74. The van der Waals surface area contributed by atoms with Gasteiger partial charge in [0.15, 0.2) is 0 Å². The van der Waals surface area contributed by atoms with E-state index in [2.05, 4.69) is 22.4 Å². The fourth-order valence-electron chi connectivity index (χ4n) is 1.72. The highest BCUT2D eigenvalue weighted by atomic mass is 32.1. The lowest BCUT2D eigenvalue weighted by Gasteiger charge is -2.24. The molecule has 0 aromatic carbocycles. The van der Waals surface area contributed by atoms with Crippen LogP contribution in [0.1, 0.15) is 24.6 Å². The number of methoxy groups -OCH3 is 1. The molecule has 3 nitrogen and oxygen atoms in total. The standard InChI is InChI=1S/C13H23NO2S/c1-3-12(15)10-14(7-5-8-16-2)11-13-6-4-9-17-13/h4,6,9,12,15H,3,5,7-8,10-11H2,1-2H3. The van der Waals surface area contributed by atoms with Gasteiger partial charge >= 0.3 is 0 Å². The number of ether oxygens (including phenoxy) is 1. The lowest BCUT2D eigenvalue weighted by Crippen LogP contribution is -2.32. The number of thiophene rings is 1. The van der Waals surface area contributed by atoms with Gasteiger partial charge in [-0.15, -0.1) is 11.3 Å². The SMILES string of the molecule is CCC(O)CN(CCCOC)Cc1cccs1. The van der Waals surface area contributed by atoms with E-state index in [-0.39, 0.29) is 6.10 Å². The van der Waals surface area contributed by atoms with E-state index < -0.39 is 0 Å². The minimum Gasteiger partial charge on any atom is -0.392 e. The van der Waals surface area contributed by atoms with Gasteiger partial charge in [-0.2, -0.15) is 0 Å². The molecule has 0 bridgehead atoms. The maximum Gasteiger partial charge on any atom is 0.0664 e. The summed E-state index contributed by atoms with van der Waals surface area (Å²) in [7, 11) is 1.73. The number of rotatable bonds is 9. The molecule has 1 aromatic rings. The predicted octanol–water partition coefficient (Wildman–Crippen LogP) is 2.36. The van der Waals surface area contributed by atoms with Crippen molar-refractivity contribution in [1.29, 1.82) is 0 Å². The molecule has 1 unspecified atom stereocenters. The normalized spacial score (nSPS) is 13.2. The molecule has 1 rings (SSSR count). The minimum atomic E-state index is -0.225. The molecule has 0 fully saturated rings. The monoisotopic (exact) mass is 257 g/mol. The summed E-state index contributed by atoms with van der Waals surface area (Å²) in [5, 5.41) is 11.8. The van der Waals surface area contributed by atoms with Crippen LogP contribution >= 0.6 is 11.3 Å². The van der Waals surface area contributed by atoms with Crippen molar-refractivity contribution in [2.75, 3.05) is 26.8 Å². The van der Waals surface area contributed by atoms with E-state index in [0.717, 1.165) is 39.1 Å². The van der Waals surface area contributed by atoms with Crippen molar-refractivity contribution in [3.05, 3.63) is 22.4 Å². The van der Waals surface area contributed by atoms with Gasteiger partial charge in [0, 0.05) is 38.2 Å². The van der Waals surface area contributed by atoms with Gasteiger partial charge in [0.2, 0.25) is 0 Å². The van der Waals surface area contributed by atoms with E-state index in [1.54, 1.807) is 18.4 Å². The number of nitrogens with zero attached hydrogens (tertiary/aromatic N) is 1. The molecule has 4 heteroatoms. The summed E-state index contributed by atoms with van der Waals surface area (Å²) in [6.07, 6.45) is 1.60. The smallest absolute Gasteiger partial charge is 0.0664 e. The molecular formula is C13H23NO2S. The second-order valence-corrected chi connectivity index (χ2v) is 5.26. The van der Waals surface area contributed by atoms with Crippen molar-refractivity contribution in [2.45, 2.75) is 32.4 Å². The summed E-state index contributed by atoms with van der Waals surface area (Å²) < 4.78 is 5.07. The van der Waals surface area contributed by atoms with Crippen LogP contribution in [0.5, 0.6) is 0 Å². The van der Waals surface area contributed by atoms with Crippen LogP contribution < -0.4 is 0 Å². The third-order valence-electron chi connectivity index (χ3n) is 2.72. The molecule has 0 aliphatic heterocycles. The fraction of sp³-hybridized carbons (Fsp3) is 0.692. The van der Waals surface area contributed by atoms with Gasteiger partial charge in [-0.05, 0) is 24.3 Å². The Kier molecular flexibility index (Phi) is 7.44. The van der Waals surface area contributed by atoms with E-state index >= 15 is 0 Å². The van der Waals surface area contributed by atoms with Crippen LogP contribution in [-0.2, 0) is 11.3 Å². The molecule has 0 aliphatic rings. The van der Waals surface area contributed by atoms with Gasteiger partial charge in [-0.25, -0.2) is 0 Å². The first kappa shape index (κ1) is 14.6. The van der Waals surface area contributed by atoms with E-state index in [1.165, 1.54) is 4.88 Å². The van der Waals surface area contributed by atoms with Crippen LogP contribution in [-0.4, -0.2) is 42.9 Å². The zero-order valence-electron chi connectivity index (χ0n) is 10.8. The zero-order valence-corrected chi connectivity index (χ0v) is 11.6. The molecule has 1 N–H and O–H groups in total. The molecule has 0 saturated heterocycles. The van der Waals surface area contributed by atoms with Crippen LogP contribution in [0.4, 0.5) is 0 Å². The molecule has 98 valence electrons. The summed E-state index contributed by atoms with van der Waals surface area (Å²) in [6.45, 7) is 5.45. The highest BCUT2D eigenvalue weighted by Gasteiger charge is 2.11. The Balaban J connectivity index is 2.40. The van der Waals surface area contributed by atoms with Crippen molar-refractivity contribution >= 4 is 11.3 Å².